The van der Waals surface area contributed by atoms with Gasteiger partial charge >= 0.3 is 5.76 Å². The Kier molecular flexibility index (Phi) is 3.52. The van der Waals surface area contributed by atoms with Gasteiger partial charge in [0.1, 0.15) is 6.33 Å². The van der Waals surface area contributed by atoms with E-state index in [2.05, 4.69) is 33.0 Å². The third-order valence-electron chi connectivity index (χ3n) is 3.01. The largest absolute Gasteiger partial charge is 0.459 e. The first-order chi connectivity index (χ1) is 9.78. The van der Waals surface area contributed by atoms with Gasteiger partial charge in [-0.05, 0) is 17.2 Å². The molecule has 3 rings (SSSR count). The Hall–Kier alpha value is -2.14. The summed E-state index contributed by atoms with van der Waals surface area (Å²) in [7, 11) is 0. The fraction of sp³-hybridized carbons (Fsp3) is 0.0667. The highest BCUT2D eigenvalue weighted by Gasteiger charge is 2.08. The van der Waals surface area contributed by atoms with Crippen molar-refractivity contribution in [1.82, 2.24) is 9.72 Å². The van der Waals surface area contributed by atoms with Gasteiger partial charge in [0.15, 0.2) is 0 Å². The Labute approximate surface area is 123 Å². The number of hydrogen-bond acceptors (Lipinski definition) is 3. The fourth-order valence-corrected chi connectivity index (χ4v) is 2.40. The van der Waals surface area contributed by atoms with Gasteiger partial charge < -0.3 is 4.52 Å². The van der Waals surface area contributed by atoms with Crippen LogP contribution >= 0.6 is 15.9 Å². The Balaban J connectivity index is 2.11. The van der Waals surface area contributed by atoms with Crippen LogP contribution in [0, 0.1) is 0 Å². The lowest BCUT2D eigenvalue weighted by molar-refractivity contribution is 0.321. The highest BCUT2D eigenvalue weighted by atomic mass is 79.9. The number of halogens is 1. The second-order valence-corrected chi connectivity index (χ2v) is 4.84. The van der Waals surface area contributed by atoms with Gasteiger partial charge in [-0.2, -0.15) is 9.72 Å². The van der Waals surface area contributed by atoms with Crippen molar-refractivity contribution in [2.75, 3.05) is 0 Å². The van der Waals surface area contributed by atoms with Gasteiger partial charge in [-0.25, -0.2) is 4.79 Å². The molecule has 100 valence electrons. The molecule has 3 aromatic rings. The third kappa shape index (κ3) is 2.44. The monoisotopic (exact) mass is 330 g/mol. The van der Waals surface area contributed by atoms with Crippen LogP contribution < -0.4 is 5.76 Å². The SMILES string of the molecule is O=c1ncn(-c2ccccc2-c2ccc(CBr)cc2)o1. The van der Waals surface area contributed by atoms with Gasteiger partial charge in [0.25, 0.3) is 0 Å². The minimum atomic E-state index is -0.602. The second kappa shape index (κ2) is 5.46. The molecule has 2 aromatic carbocycles. The molecule has 0 saturated carbocycles. The minimum Gasteiger partial charge on any atom is -0.314 e. The summed E-state index contributed by atoms with van der Waals surface area (Å²) in [6.45, 7) is 0. The van der Waals surface area contributed by atoms with Gasteiger partial charge in [0, 0.05) is 10.9 Å². The average molecular weight is 331 g/mol. The molecule has 0 fully saturated rings. The topological polar surface area (TPSA) is 48.0 Å². The molecule has 0 atom stereocenters. The summed E-state index contributed by atoms with van der Waals surface area (Å²) in [5, 5.41) is 0.825. The predicted molar refractivity (Wildman–Crippen MR) is 80.2 cm³/mol. The van der Waals surface area contributed by atoms with E-state index in [0.717, 1.165) is 22.1 Å². The number of para-hydroxylation sites is 1. The summed E-state index contributed by atoms with van der Waals surface area (Å²) in [5.74, 6) is -0.602. The number of alkyl halides is 1. The Morgan fingerprint density at radius 2 is 1.85 bits per heavy atom. The molecular weight excluding hydrogens is 320 g/mol. The van der Waals surface area contributed by atoms with E-state index in [-0.39, 0.29) is 0 Å². The Morgan fingerprint density at radius 3 is 2.50 bits per heavy atom. The van der Waals surface area contributed by atoms with Crippen molar-refractivity contribution in [2.45, 2.75) is 5.33 Å². The molecule has 0 N–H and O–H groups in total. The summed E-state index contributed by atoms with van der Waals surface area (Å²) in [6.07, 6.45) is 1.38. The molecule has 1 heterocycles. The maximum atomic E-state index is 11.1. The van der Waals surface area contributed by atoms with Crippen molar-refractivity contribution in [3.05, 3.63) is 71.0 Å². The molecule has 0 aliphatic heterocycles. The smallest absolute Gasteiger partial charge is 0.314 e. The molecule has 0 saturated heterocycles. The first kappa shape index (κ1) is 12.9. The molecule has 5 heteroatoms. The second-order valence-electron chi connectivity index (χ2n) is 4.28. The van der Waals surface area contributed by atoms with E-state index in [1.54, 1.807) is 0 Å². The number of rotatable bonds is 3. The van der Waals surface area contributed by atoms with Gasteiger partial charge in [-0.15, -0.1) is 0 Å². The number of nitrogens with zero attached hydrogens (tertiary/aromatic N) is 2. The summed E-state index contributed by atoms with van der Waals surface area (Å²) in [6, 6.07) is 15.9. The quantitative estimate of drug-likeness (QED) is 0.691. The molecular formula is C15H11BrN2O2. The van der Waals surface area contributed by atoms with Crippen LogP contribution in [0.5, 0.6) is 0 Å². The maximum absolute atomic E-state index is 11.1. The van der Waals surface area contributed by atoms with Crippen molar-refractivity contribution in [1.29, 1.82) is 0 Å². The van der Waals surface area contributed by atoms with Crippen LogP contribution in [-0.4, -0.2) is 9.72 Å². The van der Waals surface area contributed by atoms with Crippen LogP contribution in [0.3, 0.4) is 0 Å². The van der Waals surface area contributed by atoms with Crippen molar-refractivity contribution >= 4 is 15.9 Å². The molecule has 1 aromatic heterocycles. The first-order valence-corrected chi connectivity index (χ1v) is 7.20. The van der Waals surface area contributed by atoms with Gasteiger partial charge in [0.05, 0.1) is 5.69 Å². The highest BCUT2D eigenvalue weighted by molar-refractivity contribution is 9.08. The molecule has 0 spiro atoms. The number of hydrogen-bond donors (Lipinski definition) is 0. The zero-order valence-corrected chi connectivity index (χ0v) is 12.1. The van der Waals surface area contributed by atoms with Crippen LogP contribution in [0.4, 0.5) is 0 Å². The molecule has 0 unspecified atom stereocenters. The Morgan fingerprint density at radius 1 is 1.10 bits per heavy atom. The maximum Gasteiger partial charge on any atom is 0.459 e. The minimum absolute atomic E-state index is 0.602. The van der Waals surface area contributed by atoms with Crippen molar-refractivity contribution < 1.29 is 4.52 Å². The molecule has 0 aliphatic rings. The molecule has 4 nitrogen and oxygen atoms in total. The zero-order chi connectivity index (χ0) is 13.9. The standard InChI is InChI=1S/C15H11BrN2O2/c16-9-11-5-7-12(8-6-11)13-3-1-2-4-14(13)18-10-17-15(19)20-18/h1-8,10H,9H2. The van der Waals surface area contributed by atoms with Crippen LogP contribution in [-0.2, 0) is 5.33 Å². The first-order valence-electron chi connectivity index (χ1n) is 6.07. The van der Waals surface area contributed by atoms with E-state index in [1.807, 2.05) is 36.4 Å². The molecule has 0 aliphatic carbocycles. The summed E-state index contributed by atoms with van der Waals surface area (Å²) in [5.41, 5.74) is 4.03. The van der Waals surface area contributed by atoms with Gasteiger partial charge in [0.2, 0.25) is 0 Å². The third-order valence-corrected chi connectivity index (χ3v) is 3.65. The molecule has 0 amide bonds. The van der Waals surface area contributed by atoms with E-state index in [9.17, 15) is 4.79 Å². The fourth-order valence-electron chi connectivity index (χ4n) is 2.03. The lowest BCUT2D eigenvalue weighted by atomic mass is 10.0. The van der Waals surface area contributed by atoms with Gasteiger partial charge in [-0.3, -0.25) is 0 Å². The van der Waals surface area contributed by atoms with Crippen molar-refractivity contribution in [3.8, 4) is 16.8 Å². The lowest BCUT2D eigenvalue weighted by Gasteiger charge is -2.09. The van der Waals surface area contributed by atoms with Crippen molar-refractivity contribution in [2.24, 2.45) is 0 Å². The summed E-state index contributed by atoms with van der Waals surface area (Å²) in [4.78, 5) is 14.7. The Bertz CT molecular complexity index is 775. The molecule has 20 heavy (non-hydrogen) atoms. The van der Waals surface area contributed by atoms with Crippen LogP contribution in [0.25, 0.3) is 16.8 Å². The number of benzene rings is 2. The normalized spacial score (nSPS) is 10.7. The van der Waals surface area contributed by atoms with Gasteiger partial charge in [-0.1, -0.05) is 58.4 Å². The molecule has 0 bridgehead atoms. The number of aromatic nitrogens is 2. The van der Waals surface area contributed by atoms with E-state index >= 15 is 0 Å². The summed E-state index contributed by atoms with van der Waals surface area (Å²) >= 11 is 3.43. The van der Waals surface area contributed by atoms with Crippen molar-refractivity contribution in [3.63, 3.8) is 0 Å². The van der Waals surface area contributed by atoms with Crippen LogP contribution in [0.15, 0.2) is 64.2 Å². The predicted octanol–water partition coefficient (Wildman–Crippen LogP) is 3.39. The van der Waals surface area contributed by atoms with E-state index < -0.39 is 5.76 Å². The molecule has 0 radical (unpaired) electrons. The zero-order valence-electron chi connectivity index (χ0n) is 10.5. The van der Waals surface area contributed by atoms with Crippen LogP contribution in [0.2, 0.25) is 0 Å². The van der Waals surface area contributed by atoms with E-state index in [4.69, 9.17) is 4.52 Å². The van der Waals surface area contributed by atoms with E-state index in [1.165, 1.54) is 16.6 Å². The summed E-state index contributed by atoms with van der Waals surface area (Å²) < 4.78 is 6.40. The van der Waals surface area contributed by atoms with E-state index in [0.29, 0.717) is 0 Å². The highest BCUT2D eigenvalue weighted by Crippen LogP contribution is 2.26. The lowest BCUT2D eigenvalue weighted by Crippen LogP contribution is -1.97. The van der Waals surface area contributed by atoms with Crippen LogP contribution in [0.1, 0.15) is 5.56 Å². The average Bonchev–Trinajstić information content (AvgIpc) is 2.94.